The largest absolute Gasteiger partial charge is 0.490 e. The minimum atomic E-state index is -0.355. The van der Waals surface area contributed by atoms with Crippen molar-refractivity contribution in [1.29, 1.82) is 0 Å². The molecular formula is C23H22BrFN2O3. The van der Waals surface area contributed by atoms with Crippen LogP contribution in [-0.2, 0) is 13.2 Å². The van der Waals surface area contributed by atoms with E-state index in [1.54, 1.807) is 49.8 Å². The highest BCUT2D eigenvalue weighted by molar-refractivity contribution is 9.10. The topological polar surface area (TPSA) is 51.7 Å². The fourth-order valence-electron chi connectivity index (χ4n) is 2.89. The molecule has 0 saturated heterocycles. The Bertz CT molecular complexity index is 1010. The highest BCUT2D eigenvalue weighted by atomic mass is 79.9. The SMILES string of the molecule is CCOc1cc(C(=O)N(C)Cc2cc(Br)ccc2F)ccc1OCc1cccnc1. The molecule has 0 unspecified atom stereocenters. The molecule has 156 valence electrons. The Labute approximate surface area is 183 Å². The first-order valence-corrected chi connectivity index (χ1v) is 10.2. The van der Waals surface area contributed by atoms with Crippen molar-refractivity contribution in [3.8, 4) is 11.5 Å². The van der Waals surface area contributed by atoms with Crippen LogP contribution in [0.3, 0.4) is 0 Å². The van der Waals surface area contributed by atoms with Crippen molar-refractivity contribution in [3.63, 3.8) is 0 Å². The van der Waals surface area contributed by atoms with Gasteiger partial charge in [-0.25, -0.2) is 4.39 Å². The average Bonchev–Trinajstić information content (AvgIpc) is 2.75. The van der Waals surface area contributed by atoms with E-state index in [1.807, 2.05) is 19.1 Å². The van der Waals surface area contributed by atoms with Gasteiger partial charge >= 0.3 is 0 Å². The van der Waals surface area contributed by atoms with E-state index in [0.717, 1.165) is 10.0 Å². The summed E-state index contributed by atoms with van der Waals surface area (Å²) in [7, 11) is 1.63. The van der Waals surface area contributed by atoms with E-state index in [1.165, 1.54) is 11.0 Å². The molecule has 3 aromatic rings. The van der Waals surface area contributed by atoms with Gasteiger partial charge in [0.1, 0.15) is 12.4 Å². The molecule has 0 aliphatic carbocycles. The van der Waals surface area contributed by atoms with Crippen molar-refractivity contribution < 1.29 is 18.7 Å². The summed E-state index contributed by atoms with van der Waals surface area (Å²) in [6.07, 6.45) is 3.43. The van der Waals surface area contributed by atoms with Crippen LogP contribution in [0, 0.1) is 5.82 Å². The van der Waals surface area contributed by atoms with Crippen molar-refractivity contribution in [3.05, 3.63) is 87.9 Å². The molecule has 0 saturated carbocycles. The summed E-state index contributed by atoms with van der Waals surface area (Å²) >= 11 is 3.33. The third-order valence-corrected chi connectivity index (χ3v) is 4.86. The van der Waals surface area contributed by atoms with Crippen molar-refractivity contribution in [2.24, 2.45) is 0 Å². The molecule has 5 nitrogen and oxygen atoms in total. The zero-order chi connectivity index (χ0) is 21.5. The van der Waals surface area contributed by atoms with Gasteiger partial charge in [0.2, 0.25) is 0 Å². The number of hydrogen-bond acceptors (Lipinski definition) is 4. The maximum atomic E-state index is 14.0. The highest BCUT2D eigenvalue weighted by Gasteiger charge is 2.17. The second-order valence-corrected chi connectivity index (χ2v) is 7.56. The number of carbonyl (C=O) groups excluding carboxylic acids is 1. The third kappa shape index (κ3) is 5.57. The second-order valence-electron chi connectivity index (χ2n) is 6.64. The number of amides is 1. The molecule has 0 radical (unpaired) electrons. The van der Waals surface area contributed by atoms with E-state index in [9.17, 15) is 9.18 Å². The number of benzene rings is 2. The van der Waals surface area contributed by atoms with E-state index in [-0.39, 0.29) is 18.3 Å². The van der Waals surface area contributed by atoms with E-state index < -0.39 is 0 Å². The molecule has 7 heteroatoms. The fourth-order valence-corrected chi connectivity index (χ4v) is 3.29. The van der Waals surface area contributed by atoms with Gasteiger partial charge < -0.3 is 14.4 Å². The lowest BCUT2D eigenvalue weighted by molar-refractivity contribution is 0.0783. The minimum Gasteiger partial charge on any atom is -0.490 e. The molecule has 0 bridgehead atoms. The Kier molecular flexibility index (Phi) is 7.41. The van der Waals surface area contributed by atoms with E-state index >= 15 is 0 Å². The maximum absolute atomic E-state index is 14.0. The summed E-state index contributed by atoms with van der Waals surface area (Å²) in [5, 5.41) is 0. The Morgan fingerprint density at radius 1 is 1.13 bits per heavy atom. The molecular weight excluding hydrogens is 451 g/mol. The summed E-state index contributed by atoms with van der Waals surface area (Å²) < 4.78 is 26.3. The minimum absolute atomic E-state index is 0.146. The number of ether oxygens (including phenoxy) is 2. The summed E-state index contributed by atoms with van der Waals surface area (Å²) in [5.41, 5.74) is 1.79. The first-order valence-electron chi connectivity index (χ1n) is 9.46. The van der Waals surface area contributed by atoms with Crippen molar-refractivity contribution in [2.75, 3.05) is 13.7 Å². The number of hydrogen-bond donors (Lipinski definition) is 0. The fraction of sp³-hybridized carbons (Fsp3) is 0.217. The normalized spacial score (nSPS) is 10.5. The van der Waals surface area contributed by atoms with Gasteiger partial charge in [-0.1, -0.05) is 22.0 Å². The zero-order valence-electron chi connectivity index (χ0n) is 16.8. The molecule has 0 aliphatic rings. The first-order chi connectivity index (χ1) is 14.5. The van der Waals surface area contributed by atoms with Crippen LogP contribution in [0.1, 0.15) is 28.4 Å². The van der Waals surface area contributed by atoms with Crippen molar-refractivity contribution in [1.82, 2.24) is 9.88 Å². The lowest BCUT2D eigenvalue weighted by Gasteiger charge is -2.19. The molecule has 0 fully saturated rings. The van der Waals surface area contributed by atoms with E-state index in [0.29, 0.717) is 35.8 Å². The molecule has 2 aromatic carbocycles. The van der Waals surface area contributed by atoms with Gasteiger partial charge in [0.05, 0.1) is 6.61 Å². The Morgan fingerprint density at radius 2 is 1.97 bits per heavy atom. The van der Waals surface area contributed by atoms with Gasteiger partial charge in [-0.3, -0.25) is 9.78 Å². The van der Waals surface area contributed by atoms with E-state index in [2.05, 4.69) is 20.9 Å². The third-order valence-electron chi connectivity index (χ3n) is 4.37. The standard InChI is InChI=1S/C23H22BrFN2O3/c1-3-29-22-12-17(6-9-21(22)30-15-16-5-4-10-26-13-16)23(28)27(2)14-18-11-19(24)7-8-20(18)25/h4-13H,3,14-15H2,1-2H3. The molecule has 30 heavy (non-hydrogen) atoms. The Hall–Kier alpha value is -2.93. The quantitative estimate of drug-likeness (QED) is 0.450. The number of halogens is 2. The second kappa shape index (κ2) is 10.2. The van der Waals surface area contributed by atoms with Crippen LogP contribution >= 0.6 is 15.9 Å². The number of rotatable bonds is 8. The molecule has 0 aliphatic heterocycles. The number of nitrogens with zero attached hydrogens (tertiary/aromatic N) is 2. The molecule has 0 atom stereocenters. The average molecular weight is 473 g/mol. The zero-order valence-corrected chi connectivity index (χ0v) is 18.4. The maximum Gasteiger partial charge on any atom is 0.254 e. The van der Waals surface area contributed by atoms with Crippen LogP contribution in [0.25, 0.3) is 0 Å². The van der Waals surface area contributed by atoms with Crippen LogP contribution in [-0.4, -0.2) is 29.4 Å². The molecule has 3 rings (SSSR count). The van der Waals surface area contributed by atoms with Gasteiger partial charge in [-0.15, -0.1) is 0 Å². The Morgan fingerprint density at radius 3 is 2.70 bits per heavy atom. The van der Waals surface area contributed by atoms with Crippen LogP contribution in [0.5, 0.6) is 11.5 Å². The lowest BCUT2D eigenvalue weighted by Crippen LogP contribution is -2.26. The molecule has 1 aromatic heterocycles. The number of pyridine rings is 1. The number of aromatic nitrogens is 1. The lowest BCUT2D eigenvalue weighted by atomic mass is 10.1. The van der Waals surface area contributed by atoms with Crippen LogP contribution < -0.4 is 9.47 Å². The van der Waals surface area contributed by atoms with Crippen LogP contribution in [0.2, 0.25) is 0 Å². The molecule has 1 amide bonds. The van der Waals surface area contributed by atoms with E-state index in [4.69, 9.17) is 9.47 Å². The van der Waals surface area contributed by atoms with Crippen molar-refractivity contribution >= 4 is 21.8 Å². The van der Waals surface area contributed by atoms with Gasteiger partial charge in [0.25, 0.3) is 5.91 Å². The monoisotopic (exact) mass is 472 g/mol. The smallest absolute Gasteiger partial charge is 0.254 e. The first kappa shape index (κ1) is 21.8. The molecule has 1 heterocycles. The van der Waals surface area contributed by atoms with Gasteiger partial charge in [0.15, 0.2) is 11.5 Å². The summed E-state index contributed by atoms with van der Waals surface area (Å²) in [4.78, 5) is 18.4. The Balaban J connectivity index is 1.75. The summed E-state index contributed by atoms with van der Waals surface area (Å²) in [5.74, 6) is 0.424. The van der Waals surface area contributed by atoms with Gasteiger partial charge in [-0.05, 0) is 49.4 Å². The highest BCUT2D eigenvalue weighted by Crippen LogP contribution is 2.30. The summed E-state index contributed by atoms with van der Waals surface area (Å²) in [6, 6.07) is 13.5. The molecule has 0 spiro atoms. The van der Waals surface area contributed by atoms with Gasteiger partial charge in [0, 0.05) is 47.1 Å². The van der Waals surface area contributed by atoms with Crippen LogP contribution in [0.15, 0.2) is 65.4 Å². The molecule has 0 N–H and O–H groups in total. The van der Waals surface area contributed by atoms with Crippen molar-refractivity contribution in [2.45, 2.75) is 20.1 Å². The predicted molar refractivity (Wildman–Crippen MR) is 116 cm³/mol. The predicted octanol–water partition coefficient (Wildman–Crippen LogP) is 5.23. The van der Waals surface area contributed by atoms with Gasteiger partial charge in [-0.2, -0.15) is 0 Å². The summed E-state index contributed by atoms with van der Waals surface area (Å²) in [6.45, 7) is 2.78. The number of carbonyl (C=O) groups is 1. The van der Waals surface area contributed by atoms with Crippen LogP contribution in [0.4, 0.5) is 4.39 Å².